The fourth-order valence-corrected chi connectivity index (χ4v) is 2.22. The van der Waals surface area contributed by atoms with E-state index in [9.17, 15) is 0 Å². The molecule has 0 saturated heterocycles. The molecule has 2 aromatic rings. The van der Waals surface area contributed by atoms with Crippen molar-refractivity contribution in [1.29, 1.82) is 0 Å². The van der Waals surface area contributed by atoms with Crippen molar-refractivity contribution in [3.8, 4) is 0 Å². The van der Waals surface area contributed by atoms with Gasteiger partial charge in [-0.15, -0.1) is 0 Å². The second-order valence-corrected chi connectivity index (χ2v) is 4.63. The van der Waals surface area contributed by atoms with E-state index < -0.39 is 0 Å². The van der Waals surface area contributed by atoms with Crippen LogP contribution in [0.5, 0.6) is 0 Å². The molecule has 17 heavy (non-hydrogen) atoms. The van der Waals surface area contributed by atoms with Gasteiger partial charge in [-0.05, 0) is 22.4 Å². The monoisotopic (exact) mass is 251 g/mol. The van der Waals surface area contributed by atoms with E-state index in [1.807, 2.05) is 10.9 Å². The molecule has 0 radical (unpaired) electrons. The van der Waals surface area contributed by atoms with E-state index in [-0.39, 0.29) is 0 Å². The molecule has 0 aliphatic rings. The molecule has 4 nitrogen and oxygen atoms in total. The number of aromatic nitrogens is 2. The molecule has 2 aromatic heterocycles. The quantitative estimate of drug-likeness (QED) is 0.762. The van der Waals surface area contributed by atoms with Crippen LogP contribution in [0.4, 0.5) is 0 Å². The number of nitrogens with one attached hydrogen (secondary N) is 1. The topological polar surface area (TPSA) is 39.1 Å². The number of rotatable bonds is 7. The molecule has 5 heteroatoms. The van der Waals surface area contributed by atoms with Crippen LogP contribution in [-0.4, -0.2) is 30.0 Å². The molecule has 92 valence electrons. The van der Waals surface area contributed by atoms with Crippen LogP contribution < -0.4 is 5.32 Å². The minimum absolute atomic E-state index is 0.739. The fourth-order valence-electron chi connectivity index (χ4n) is 1.56. The van der Waals surface area contributed by atoms with Crippen molar-refractivity contribution in [2.45, 2.75) is 13.1 Å². The van der Waals surface area contributed by atoms with Crippen molar-refractivity contribution in [1.82, 2.24) is 15.1 Å². The van der Waals surface area contributed by atoms with Crippen LogP contribution in [0.25, 0.3) is 0 Å². The van der Waals surface area contributed by atoms with E-state index in [1.54, 1.807) is 18.4 Å². The Morgan fingerprint density at radius 2 is 2.41 bits per heavy atom. The van der Waals surface area contributed by atoms with Gasteiger partial charge in [0.1, 0.15) is 0 Å². The van der Waals surface area contributed by atoms with Crippen molar-refractivity contribution in [3.63, 3.8) is 0 Å². The molecule has 0 fully saturated rings. The summed E-state index contributed by atoms with van der Waals surface area (Å²) >= 11 is 1.72. The third-order valence-corrected chi connectivity index (χ3v) is 3.16. The minimum Gasteiger partial charge on any atom is -0.383 e. The van der Waals surface area contributed by atoms with Crippen LogP contribution in [0, 0.1) is 0 Å². The van der Waals surface area contributed by atoms with Gasteiger partial charge in [0.25, 0.3) is 0 Å². The van der Waals surface area contributed by atoms with Crippen LogP contribution in [0.1, 0.15) is 11.1 Å². The highest BCUT2D eigenvalue weighted by Crippen LogP contribution is 2.08. The van der Waals surface area contributed by atoms with Crippen molar-refractivity contribution < 1.29 is 4.74 Å². The molecular weight excluding hydrogens is 234 g/mol. The molecule has 2 heterocycles. The van der Waals surface area contributed by atoms with Gasteiger partial charge >= 0.3 is 0 Å². The van der Waals surface area contributed by atoms with E-state index >= 15 is 0 Å². The van der Waals surface area contributed by atoms with E-state index in [1.165, 1.54) is 11.1 Å². The van der Waals surface area contributed by atoms with Crippen LogP contribution in [0.15, 0.2) is 29.2 Å². The summed E-state index contributed by atoms with van der Waals surface area (Å²) in [7, 11) is 1.71. The summed E-state index contributed by atoms with van der Waals surface area (Å²) in [5.41, 5.74) is 2.51. The third-order valence-electron chi connectivity index (χ3n) is 2.42. The molecule has 0 saturated carbocycles. The fraction of sp³-hybridized carbons (Fsp3) is 0.417. The molecule has 2 rings (SSSR count). The summed E-state index contributed by atoms with van der Waals surface area (Å²) in [6, 6.07) is 2.13. The van der Waals surface area contributed by atoms with Gasteiger partial charge in [0, 0.05) is 32.0 Å². The smallest absolute Gasteiger partial charge is 0.0667 e. The molecular formula is C12H17N3OS. The van der Waals surface area contributed by atoms with Crippen LogP contribution >= 0.6 is 11.3 Å². The lowest BCUT2D eigenvalue weighted by Crippen LogP contribution is -2.18. The Balaban J connectivity index is 1.79. The van der Waals surface area contributed by atoms with E-state index in [0.717, 1.165) is 26.2 Å². The molecule has 0 amide bonds. The number of ether oxygens (including phenoxy) is 1. The maximum absolute atomic E-state index is 4.97. The Bertz CT molecular complexity index is 425. The summed E-state index contributed by atoms with van der Waals surface area (Å²) in [5.74, 6) is 0. The number of nitrogens with zero attached hydrogens (tertiary/aromatic N) is 2. The molecule has 0 aliphatic heterocycles. The Labute approximate surface area is 105 Å². The highest BCUT2D eigenvalue weighted by molar-refractivity contribution is 7.07. The average Bonchev–Trinajstić information content (AvgIpc) is 2.97. The van der Waals surface area contributed by atoms with Gasteiger partial charge in [-0.2, -0.15) is 16.4 Å². The summed E-state index contributed by atoms with van der Waals surface area (Å²) < 4.78 is 6.94. The summed E-state index contributed by atoms with van der Waals surface area (Å²) in [4.78, 5) is 0. The molecule has 0 atom stereocenters. The second-order valence-electron chi connectivity index (χ2n) is 3.85. The van der Waals surface area contributed by atoms with Crippen LogP contribution in [0.2, 0.25) is 0 Å². The average molecular weight is 251 g/mol. The highest BCUT2D eigenvalue weighted by atomic mass is 32.1. The lowest BCUT2D eigenvalue weighted by molar-refractivity contribution is 0.199. The van der Waals surface area contributed by atoms with Crippen molar-refractivity contribution in [2.24, 2.45) is 0 Å². The predicted octanol–water partition coefficient (Wildman–Crippen LogP) is 1.73. The zero-order valence-corrected chi connectivity index (χ0v) is 10.7. The highest BCUT2D eigenvalue weighted by Gasteiger charge is 1.99. The van der Waals surface area contributed by atoms with Crippen LogP contribution in [0.3, 0.4) is 0 Å². The number of hydrogen-bond donors (Lipinski definition) is 1. The maximum Gasteiger partial charge on any atom is 0.0667 e. The lowest BCUT2D eigenvalue weighted by Gasteiger charge is -2.01. The predicted molar refractivity (Wildman–Crippen MR) is 69.2 cm³/mol. The van der Waals surface area contributed by atoms with Gasteiger partial charge in [-0.3, -0.25) is 4.68 Å². The first-order valence-corrected chi connectivity index (χ1v) is 6.55. The first kappa shape index (κ1) is 12.3. The summed E-state index contributed by atoms with van der Waals surface area (Å²) in [5, 5.41) is 11.9. The van der Waals surface area contributed by atoms with Gasteiger partial charge in [0.05, 0.1) is 19.3 Å². The first-order chi connectivity index (χ1) is 8.38. The molecule has 0 unspecified atom stereocenters. The standard InChI is InChI=1S/C12H17N3OS/c1-16-4-3-13-6-12-7-14-15(9-12)8-11-2-5-17-10-11/h2,5,7,9-10,13H,3-4,6,8H2,1H3. The SMILES string of the molecule is COCCNCc1cnn(Cc2ccsc2)c1. The van der Waals surface area contributed by atoms with Crippen molar-refractivity contribution >= 4 is 11.3 Å². The Kier molecular flexibility index (Phi) is 4.73. The summed E-state index contributed by atoms with van der Waals surface area (Å²) in [6.07, 6.45) is 3.99. The van der Waals surface area contributed by atoms with Crippen molar-refractivity contribution in [3.05, 3.63) is 40.3 Å². The van der Waals surface area contributed by atoms with E-state index in [4.69, 9.17) is 4.74 Å². The molecule has 0 spiro atoms. The summed E-state index contributed by atoms with van der Waals surface area (Å²) in [6.45, 7) is 3.30. The zero-order valence-electron chi connectivity index (χ0n) is 9.93. The lowest BCUT2D eigenvalue weighted by atomic mass is 10.3. The van der Waals surface area contributed by atoms with E-state index in [2.05, 4.69) is 33.4 Å². The Hall–Kier alpha value is -1.17. The Morgan fingerprint density at radius 3 is 3.18 bits per heavy atom. The van der Waals surface area contributed by atoms with Gasteiger partial charge in [0.15, 0.2) is 0 Å². The maximum atomic E-state index is 4.97. The molecule has 1 N–H and O–H groups in total. The van der Waals surface area contributed by atoms with Gasteiger partial charge in [0.2, 0.25) is 0 Å². The van der Waals surface area contributed by atoms with Gasteiger partial charge in [-0.25, -0.2) is 0 Å². The second kappa shape index (κ2) is 6.54. The van der Waals surface area contributed by atoms with Crippen LogP contribution in [-0.2, 0) is 17.8 Å². The largest absolute Gasteiger partial charge is 0.383 e. The van der Waals surface area contributed by atoms with Gasteiger partial charge < -0.3 is 10.1 Å². The van der Waals surface area contributed by atoms with Gasteiger partial charge in [-0.1, -0.05) is 0 Å². The number of methoxy groups -OCH3 is 1. The Morgan fingerprint density at radius 1 is 1.47 bits per heavy atom. The first-order valence-electron chi connectivity index (χ1n) is 5.60. The third kappa shape index (κ3) is 3.96. The molecule has 0 bridgehead atoms. The van der Waals surface area contributed by atoms with E-state index in [0.29, 0.717) is 0 Å². The van der Waals surface area contributed by atoms with Crippen molar-refractivity contribution in [2.75, 3.05) is 20.3 Å². The molecule has 0 aromatic carbocycles. The minimum atomic E-state index is 0.739. The number of thiophene rings is 1. The zero-order chi connectivity index (χ0) is 11.9. The molecule has 0 aliphatic carbocycles. The number of hydrogen-bond acceptors (Lipinski definition) is 4. The normalized spacial score (nSPS) is 10.9.